The average molecular weight is 238 g/mol. The first-order valence-electron chi connectivity index (χ1n) is 5.28. The number of nitriles is 1. The van der Waals surface area contributed by atoms with Crippen LogP contribution in [-0.2, 0) is 19.1 Å². The lowest BCUT2D eigenvalue weighted by Gasteiger charge is -2.09. The van der Waals surface area contributed by atoms with Gasteiger partial charge in [0.2, 0.25) is 0 Å². The van der Waals surface area contributed by atoms with Crippen LogP contribution < -0.4 is 5.32 Å². The molecular formula is C11H14N2O4. The number of ether oxygens (including phenoxy) is 2. The van der Waals surface area contributed by atoms with Gasteiger partial charge in [-0.05, 0) is 19.8 Å². The van der Waals surface area contributed by atoms with Crippen LogP contribution in [0.4, 0.5) is 0 Å². The molecule has 1 aliphatic heterocycles. The number of carbonyl (C=O) groups is 2. The van der Waals surface area contributed by atoms with Gasteiger partial charge in [0.15, 0.2) is 5.57 Å². The summed E-state index contributed by atoms with van der Waals surface area (Å²) in [7, 11) is 1.29. The molecule has 0 aromatic heterocycles. The monoisotopic (exact) mass is 238 g/mol. The molecule has 0 aromatic carbocycles. The Bertz CT molecular complexity index is 395. The number of carbonyl (C=O) groups excluding carboxylic acids is 2. The molecule has 1 atom stereocenters. The van der Waals surface area contributed by atoms with Gasteiger partial charge in [-0.3, -0.25) is 0 Å². The van der Waals surface area contributed by atoms with Crippen molar-refractivity contribution in [1.29, 1.82) is 5.26 Å². The third kappa shape index (κ3) is 2.97. The van der Waals surface area contributed by atoms with Crippen LogP contribution in [0.1, 0.15) is 19.8 Å². The SMILES string of the molecule is CCOC(=O)C(C#N)=C1CCC(C(=O)OC)N1. The van der Waals surface area contributed by atoms with Crippen molar-refractivity contribution in [2.75, 3.05) is 13.7 Å². The van der Waals surface area contributed by atoms with Crippen molar-refractivity contribution in [3.05, 3.63) is 11.3 Å². The van der Waals surface area contributed by atoms with Crippen LogP contribution in [0.25, 0.3) is 0 Å². The van der Waals surface area contributed by atoms with Crippen LogP contribution in [0.15, 0.2) is 11.3 Å². The molecule has 1 aliphatic rings. The van der Waals surface area contributed by atoms with Crippen LogP contribution in [0, 0.1) is 11.3 Å². The van der Waals surface area contributed by atoms with Gasteiger partial charge in [-0.2, -0.15) is 5.26 Å². The topological polar surface area (TPSA) is 88.4 Å². The summed E-state index contributed by atoms with van der Waals surface area (Å²) in [6.07, 6.45) is 0.966. The molecule has 6 heteroatoms. The summed E-state index contributed by atoms with van der Waals surface area (Å²) in [5.74, 6) is -1.07. The first kappa shape index (κ1) is 13.0. The van der Waals surface area contributed by atoms with Crippen molar-refractivity contribution >= 4 is 11.9 Å². The van der Waals surface area contributed by atoms with Crippen LogP contribution in [0.2, 0.25) is 0 Å². The van der Waals surface area contributed by atoms with E-state index in [0.29, 0.717) is 18.5 Å². The van der Waals surface area contributed by atoms with Crippen LogP contribution >= 0.6 is 0 Å². The molecule has 1 N–H and O–H groups in total. The summed E-state index contributed by atoms with van der Waals surface area (Å²) in [5, 5.41) is 11.7. The fourth-order valence-electron chi connectivity index (χ4n) is 1.60. The van der Waals surface area contributed by atoms with E-state index in [1.54, 1.807) is 13.0 Å². The number of esters is 2. The second-order valence-electron chi connectivity index (χ2n) is 3.44. The van der Waals surface area contributed by atoms with E-state index >= 15 is 0 Å². The summed E-state index contributed by atoms with van der Waals surface area (Å²) in [6, 6.07) is 1.30. The Balaban J connectivity index is 2.81. The van der Waals surface area contributed by atoms with E-state index < -0.39 is 18.0 Å². The van der Waals surface area contributed by atoms with E-state index in [0.717, 1.165) is 0 Å². The first-order valence-corrected chi connectivity index (χ1v) is 5.28. The van der Waals surface area contributed by atoms with E-state index in [1.165, 1.54) is 7.11 Å². The fourth-order valence-corrected chi connectivity index (χ4v) is 1.60. The van der Waals surface area contributed by atoms with Crippen molar-refractivity contribution in [2.24, 2.45) is 0 Å². The summed E-state index contributed by atoms with van der Waals surface area (Å²) in [5.41, 5.74) is 0.375. The molecule has 0 radical (unpaired) electrons. The molecular weight excluding hydrogens is 224 g/mol. The number of rotatable bonds is 3. The van der Waals surface area contributed by atoms with E-state index in [9.17, 15) is 9.59 Å². The number of nitrogens with zero attached hydrogens (tertiary/aromatic N) is 1. The lowest BCUT2D eigenvalue weighted by Crippen LogP contribution is -2.31. The van der Waals surface area contributed by atoms with E-state index in [2.05, 4.69) is 10.1 Å². The molecule has 92 valence electrons. The first-order chi connectivity index (χ1) is 8.13. The maximum Gasteiger partial charge on any atom is 0.350 e. The van der Waals surface area contributed by atoms with Crippen LogP contribution in [-0.4, -0.2) is 31.7 Å². The third-order valence-corrected chi connectivity index (χ3v) is 2.41. The predicted molar refractivity (Wildman–Crippen MR) is 57.4 cm³/mol. The second-order valence-corrected chi connectivity index (χ2v) is 3.44. The highest BCUT2D eigenvalue weighted by Gasteiger charge is 2.29. The Hall–Kier alpha value is -2.03. The molecule has 1 unspecified atom stereocenters. The smallest absolute Gasteiger partial charge is 0.350 e. The van der Waals surface area contributed by atoms with Gasteiger partial charge < -0.3 is 14.8 Å². The molecule has 0 aromatic rings. The normalized spacial score (nSPS) is 21.1. The van der Waals surface area contributed by atoms with Gasteiger partial charge in [0.1, 0.15) is 12.1 Å². The number of hydrogen-bond donors (Lipinski definition) is 1. The van der Waals surface area contributed by atoms with Gasteiger partial charge in [-0.25, -0.2) is 9.59 Å². The minimum atomic E-state index is -0.664. The zero-order chi connectivity index (χ0) is 12.8. The van der Waals surface area contributed by atoms with Gasteiger partial charge in [0, 0.05) is 5.70 Å². The third-order valence-electron chi connectivity index (χ3n) is 2.41. The maximum atomic E-state index is 11.4. The van der Waals surface area contributed by atoms with E-state index in [4.69, 9.17) is 10.00 Å². The number of hydrogen-bond acceptors (Lipinski definition) is 6. The van der Waals surface area contributed by atoms with Crippen molar-refractivity contribution in [1.82, 2.24) is 5.32 Å². The Morgan fingerprint density at radius 3 is 2.82 bits per heavy atom. The molecule has 0 bridgehead atoms. The van der Waals surface area contributed by atoms with Gasteiger partial charge in [0.05, 0.1) is 13.7 Å². The summed E-state index contributed by atoms with van der Waals surface area (Å²) < 4.78 is 9.33. The Morgan fingerprint density at radius 2 is 2.29 bits per heavy atom. The van der Waals surface area contributed by atoms with E-state index in [-0.39, 0.29) is 12.2 Å². The van der Waals surface area contributed by atoms with Crippen molar-refractivity contribution in [3.8, 4) is 6.07 Å². The second kappa shape index (κ2) is 5.89. The highest BCUT2D eigenvalue weighted by atomic mass is 16.5. The molecule has 1 fully saturated rings. The van der Waals surface area contributed by atoms with E-state index in [1.807, 2.05) is 0 Å². The lowest BCUT2D eigenvalue weighted by atomic mass is 10.1. The highest BCUT2D eigenvalue weighted by Crippen LogP contribution is 2.20. The van der Waals surface area contributed by atoms with Crippen molar-refractivity contribution in [3.63, 3.8) is 0 Å². The zero-order valence-corrected chi connectivity index (χ0v) is 9.78. The Morgan fingerprint density at radius 1 is 1.59 bits per heavy atom. The lowest BCUT2D eigenvalue weighted by molar-refractivity contribution is -0.142. The van der Waals surface area contributed by atoms with Crippen LogP contribution in [0.3, 0.4) is 0 Å². The molecule has 0 spiro atoms. The molecule has 1 rings (SSSR count). The van der Waals surface area contributed by atoms with Gasteiger partial charge in [0.25, 0.3) is 0 Å². The molecule has 0 aliphatic carbocycles. The largest absolute Gasteiger partial charge is 0.467 e. The van der Waals surface area contributed by atoms with Crippen molar-refractivity contribution < 1.29 is 19.1 Å². The fraction of sp³-hybridized carbons (Fsp3) is 0.545. The molecule has 1 heterocycles. The number of nitrogens with one attached hydrogen (secondary N) is 1. The highest BCUT2D eigenvalue weighted by molar-refractivity contribution is 5.94. The van der Waals surface area contributed by atoms with Gasteiger partial charge in [-0.1, -0.05) is 0 Å². The summed E-state index contributed by atoms with van der Waals surface area (Å²) in [4.78, 5) is 22.7. The molecule has 0 amide bonds. The Kier molecular flexibility index (Phi) is 4.52. The van der Waals surface area contributed by atoms with Gasteiger partial charge >= 0.3 is 11.9 Å². The minimum Gasteiger partial charge on any atom is -0.467 e. The molecule has 1 saturated heterocycles. The summed E-state index contributed by atoms with van der Waals surface area (Å²) >= 11 is 0. The molecule has 6 nitrogen and oxygen atoms in total. The standard InChI is InChI=1S/C11H14N2O4/c1-3-17-10(14)7(6-12)8-4-5-9(13-8)11(15)16-2/h9,13H,3-5H2,1-2H3. The van der Waals surface area contributed by atoms with Crippen molar-refractivity contribution in [2.45, 2.75) is 25.8 Å². The van der Waals surface area contributed by atoms with Gasteiger partial charge in [-0.15, -0.1) is 0 Å². The number of allylic oxidation sites excluding steroid dienone is 1. The molecule has 0 saturated carbocycles. The average Bonchev–Trinajstić information content (AvgIpc) is 2.79. The van der Waals surface area contributed by atoms with Crippen LogP contribution in [0.5, 0.6) is 0 Å². The predicted octanol–water partition coefficient (Wildman–Crippen LogP) is 0.252. The quantitative estimate of drug-likeness (QED) is 0.431. The molecule has 17 heavy (non-hydrogen) atoms. The zero-order valence-electron chi connectivity index (χ0n) is 9.78. The number of methoxy groups -OCH3 is 1. The Labute approximate surface area is 99.2 Å². The minimum absolute atomic E-state index is 0.0711. The summed E-state index contributed by atoms with van der Waals surface area (Å²) in [6.45, 7) is 1.87. The maximum absolute atomic E-state index is 11.4.